The summed E-state index contributed by atoms with van der Waals surface area (Å²) in [6, 6.07) is -0.478. The van der Waals surface area contributed by atoms with Crippen LogP contribution in [0.1, 0.15) is 46.5 Å². The molecule has 0 radical (unpaired) electrons. The van der Waals surface area contributed by atoms with Crippen LogP contribution in [0.15, 0.2) is 0 Å². The van der Waals surface area contributed by atoms with Crippen molar-refractivity contribution in [2.75, 3.05) is 19.8 Å². The predicted octanol–water partition coefficient (Wildman–Crippen LogP) is 1.03. The molecule has 2 saturated heterocycles. The largest absolute Gasteiger partial charge is 0.378 e. The van der Waals surface area contributed by atoms with E-state index in [2.05, 4.69) is 24.5 Å². The Labute approximate surface area is 137 Å². The molecule has 0 aliphatic carbocycles. The third-order valence-electron chi connectivity index (χ3n) is 4.40. The van der Waals surface area contributed by atoms with Crippen molar-refractivity contribution in [2.45, 2.75) is 58.0 Å². The summed E-state index contributed by atoms with van der Waals surface area (Å²) in [7, 11) is 0. The lowest BCUT2D eigenvalue weighted by Crippen LogP contribution is -2.48. The predicted molar refractivity (Wildman–Crippen MR) is 84.7 cm³/mol. The molecule has 0 unspecified atom stereocenters. The number of hydrogen-bond acceptors (Lipinski definition) is 4. The van der Waals surface area contributed by atoms with E-state index in [1.165, 1.54) is 0 Å². The first-order valence-electron chi connectivity index (χ1n) is 8.35. The molecule has 0 bridgehead atoms. The highest BCUT2D eigenvalue weighted by Gasteiger charge is 2.53. The molecule has 2 heterocycles. The van der Waals surface area contributed by atoms with Gasteiger partial charge in [-0.05, 0) is 19.3 Å². The second-order valence-corrected chi connectivity index (χ2v) is 7.00. The van der Waals surface area contributed by atoms with Gasteiger partial charge in [-0.15, -0.1) is 0 Å². The van der Waals surface area contributed by atoms with Gasteiger partial charge in [0.25, 0.3) is 5.91 Å². The Bertz CT molecular complexity index is 472. The molecule has 7 heteroatoms. The van der Waals surface area contributed by atoms with Crippen molar-refractivity contribution >= 4 is 17.8 Å². The highest BCUT2D eigenvalue weighted by molar-refractivity contribution is 6.09. The summed E-state index contributed by atoms with van der Waals surface area (Å²) in [5, 5.41) is 5.52. The summed E-state index contributed by atoms with van der Waals surface area (Å²) in [5.41, 5.74) is -0.958. The molecule has 4 amide bonds. The number of carbonyl (C=O) groups excluding carboxylic acids is 3. The van der Waals surface area contributed by atoms with Gasteiger partial charge in [0.05, 0.1) is 6.61 Å². The third kappa shape index (κ3) is 4.22. The van der Waals surface area contributed by atoms with Crippen LogP contribution in [-0.4, -0.2) is 54.1 Å². The fraction of sp³-hybridized carbons (Fsp3) is 0.812. The van der Waals surface area contributed by atoms with Crippen LogP contribution in [0.25, 0.3) is 0 Å². The molecule has 2 N–H and O–H groups in total. The lowest BCUT2D eigenvalue weighted by atomic mass is 9.99. The quantitative estimate of drug-likeness (QED) is 0.684. The van der Waals surface area contributed by atoms with E-state index >= 15 is 0 Å². The molecule has 2 atom stereocenters. The van der Waals surface area contributed by atoms with Crippen LogP contribution in [0, 0.1) is 5.92 Å². The molecule has 0 aromatic heterocycles. The molecule has 7 nitrogen and oxygen atoms in total. The lowest BCUT2D eigenvalue weighted by molar-refractivity contribution is -0.135. The minimum Gasteiger partial charge on any atom is -0.378 e. The van der Waals surface area contributed by atoms with Crippen LogP contribution in [-0.2, 0) is 14.3 Å². The van der Waals surface area contributed by atoms with Crippen LogP contribution in [0.3, 0.4) is 0 Å². The minimum absolute atomic E-state index is 0.0331. The lowest BCUT2D eigenvalue weighted by Gasteiger charge is -2.19. The van der Waals surface area contributed by atoms with Gasteiger partial charge >= 0.3 is 6.03 Å². The van der Waals surface area contributed by atoms with Gasteiger partial charge in [-0.2, -0.15) is 0 Å². The van der Waals surface area contributed by atoms with Gasteiger partial charge in [0, 0.05) is 19.1 Å². The Balaban J connectivity index is 1.81. The number of ether oxygens (including phenoxy) is 1. The standard InChI is InChI=1S/C16H27N3O4/c1-11(2)5-4-6-12(3)17-13(20)9-19-14(21)16(18-15(19)22)7-8-23-10-16/h11-12H,4-10H2,1-3H3,(H,17,20)(H,18,22)/t12-,16+/m1/s1. The van der Waals surface area contributed by atoms with Crippen molar-refractivity contribution in [3.63, 3.8) is 0 Å². The number of urea groups is 1. The van der Waals surface area contributed by atoms with E-state index in [4.69, 9.17) is 4.74 Å². The molecule has 23 heavy (non-hydrogen) atoms. The average molecular weight is 325 g/mol. The van der Waals surface area contributed by atoms with Crippen LogP contribution in [0.4, 0.5) is 4.79 Å². The summed E-state index contributed by atoms with van der Waals surface area (Å²) in [6.45, 7) is 6.67. The van der Waals surface area contributed by atoms with Crippen LogP contribution < -0.4 is 10.6 Å². The molecule has 130 valence electrons. The molecular formula is C16H27N3O4. The Morgan fingerprint density at radius 2 is 2.09 bits per heavy atom. The molecule has 1 spiro atoms. The second-order valence-electron chi connectivity index (χ2n) is 7.00. The minimum atomic E-state index is -0.958. The van der Waals surface area contributed by atoms with E-state index in [9.17, 15) is 14.4 Å². The van der Waals surface area contributed by atoms with E-state index in [0.717, 1.165) is 24.2 Å². The van der Waals surface area contributed by atoms with Gasteiger partial charge < -0.3 is 15.4 Å². The number of carbonyl (C=O) groups is 3. The zero-order valence-electron chi connectivity index (χ0n) is 14.2. The maximum atomic E-state index is 12.4. The van der Waals surface area contributed by atoms with Crippen LogP contribution in [0.5, 0.6) is 0 Å². The van der Waals surface area contributed by atoms with Crippen molar-refractivity contribution in [3.8, 4) is 0 Å². The topological polar surface area (TPSA) is 87.7 Å². The first kappa shape index (κ1) is 17.7. The summed E-state index contributed by atoms with van der Waals surface area (Å²) in [6.07, 6.45) is 3.52. The summed E-state index contributed by atoms with van der Waals surface area (Å²) < 4.78 is 5.22. The normalized spacial score (nSPS) is 25.3. The first-order valence-corrected chi connectivity index (χ1v) is 8.35. The number of nitrogens with one attached hydrogen (secondary N) is 2. The van der Waals surface area contributed by atoms with Gasteiger partial charge in [0.2, 0.25) is 5.91 Å². The molecule has 0 aromatic rings. The maximum absolute atomic E-state index is 12.4. The zero-order chi connectivity index (χ0) is 17.0. The SMILES string of the molecule is CC(C)CCC[C@@H](C)NC(=O)CN1C(=O)N[C@]2(CCOC2)C1=O. The van der Waals surface area contributed by atoms with Crippen molar-refractivity contribution in [3.05, 3.63) is 0 Å². The molecule has 2 fully saturated rings. The fourth-order valence-corrected chi connectivity index (χ4v) is 3.02. The highest BCUT2D eigenvalue weighted by Crippen LogP contribution is 2.26. The second kappa shape index (κ2) is 7.29. The fourth-order valence-electron chi connectivity index (χ4n) is 3.02. The number of hydrogen-bond donors (Lipinski definition) is 2. The van der Waals surface area contributed by atoms with Gasteiger partial charge in [0.15, 0.2) is 0 Å². The maximum Gasteiger partial charge on any atom is 0.325 e. The average Bonchev–Trinajstić information content (AvgIpc) is 3.00. The van der Waals surface area contributed by atoms with Gasteiger partial charge in [0.1, 0.15) is 12.1 Å². The molecular weight excluding hydrogens is 298 g/mol. The zero-order valence-corrected chi connectivity index (χ0v) is 14.2. The third-order valence-corrected chi connectivity index (χ3v) is 4.40. The summed E-state index contributed by atoms with van der Waals surface area (Å²) >= 11 is 0. The molecule has 2 aliphatic rings. The number of amides is 4. The van der Waals surface area contributed by atoms with Crippen molar-refractivity contribution in [2.24, 2.45) is 5.92 Å². The van der Waals surface area contributed by atoms with E-state index in [1.54, 1.807) is 0 Å². The van der Waals surface area contributed by atoms with E-state index in [-0.39, 0.29) is 31.0 Å². The molecule has 2 aliphatic heterocycles. The number of imide groups is 1. The van der Waals surface area contributed by atoms with E-state index in [0.29, 0.717) is 18.9 Å². The summed E-state index contributed by atoms with van der Waals surface area (Å²) in [4.78, 5) is 37.4. The van der Waals surface area contributed by atoms with Gasteiger partial charge in [-0.25, -0.2) is 4.79 Å². The van der Waals surface area contributed by atoms with E-state index < -0.39 is 11.6 Å². The smallest absolute Gasteiger partial charge is 0.325 e. The number of rotatable bonds is 7. The number of nitrogens with zero attached hydrogens (tertiary/aromatic N) is 1. The first-order chi connectivity index (χ1) is 10.8. The van der Waals surface area contributed by atoms with Gasteiger partial charge in [-0.1, -0.05) is 26.7 Å². The van der Waals surface area contributed by atoms with E-state index in [1.807, 2.05) is 6.92 Å². The van der Waals surface area contributed by atoms with Gasteiger partial charge in [-0.3, -0.25) is 14.5 Å². The Hall–Kier alpha value is -1.63. The molecule has 0 saturated carbocycles. The Morgan fingerprint density at radius 3 is 2.70 bits per heavy atom. The van der Waals surface area contributed by atoms with Crippen molar-refractivity contribution in [1.29, 1.82) is 0 Å². The molecule has 2 rings (SSSR count). The Kier molecular flexibility index (Phi) is 5.62. The van der Waals surface area contributed by atoms with Crippen molar-refractivity contribution < 1.29 is 19.1 Å². The highest BCUT2D eigenvalue weighted by atomic mass is 16.5. The van der Waals surface area contributed by atoms with Crippen LogP contribution >= 0.6 is 0 Å². The monoisotopic (exact) mass is 325 g/mol. The summed E-state index contributed by atoms with van der Waals surface area (Å²) in [5.74, 6) is -0.0160. The van der Waals surface area contributed by atoms with Crippen molar-refractivity contribution in [1.82, 2.24) is 15.5 Å². The molecule has 0 aromatic carbocycles. The Morgan fingerprint density at radius 1 is 1.35 bits per heavy atom. The van der Waals surface area contributed by atoms with Crippen LogP contribution in [0.2, 0.25) is 0 Å².